The third-order valence-electron chi connectivity index (χ3n) is 3.16. The molecule has 0 aromatic carbocycles. The first-order valence-electron chi connectivity index (χ1n) is 6.23. The highest BCUT2D eigenvalue weighted by Gasteiger charge is 2.21. The number of likely N-dealkylation sites (N-methyl/N-ethyl adjacent to an activating group) is 1. The van der Waals surface area contributed by atoms with E-state index in [0.717, 1.165) is 32.5 Å². The summed E-state index contributed by atoms with van der Waals surface area (Å²) in [5.74, 6) is 0.704. The van der Waals surface area contributed by atoms with E-state index in [9.17, 15) is 5.11 Å². The zero-order chi connectivity index (χ0) is 13.0. The van der Waals surface area contributed by atoms with Crippen LogP contribution in [-0.4, -0.2) is 40.9 Å². The largest absolute Gasteiger partial charge is 0.391 e. The quantitative estimate of drug-likeness (QED) is 0.825. The van der Waals surface area contributed by atoms with Crippen LogP contribution < -0.4 is 4.90 Å². The Morgan fingerprint density at radius 3 is 3.00 bits per heavy atom. The first-order chi connectivity index (χ1) is 8.76. The summed E-state index contributed by atoms with van der Waals surface area (Å²) < 4.78 is 5.63. The van der Waals surface area contributed by atoms with Gasteiger partial charge in [0.1, 0.15) is 17.3 Å². The van der Waals surface area contributed by atoms with Gasteiger partial charge in [0, 0.05) is 19.7 Å². The first-order valence-corrected chi connectivity index (χ1v) is 6.60. The van der Waals surface area contributed by atoms with Crippen LogP contribution in [0.5, 0.6) is 0 Å². The van der Waals surface area contributed by atoms with Gasteiger partial charge in [-0.25, -0.2) is 9.97 Å². The first kappa shape index (κ1) is 13.5. The van der Waals surface area contributed by atoms with Gasteiger partial charge in [-0.05, 0) is 19.8 Å². The van der Waals surface area contributed by atoms with Crippen LogP contribution >= 0.6 is 11.6 Å². The summed E-state index contributed by atoms with van der Waals surface area (Å²) in [4.78, 5) is 10.2. The topological polar surface area (TPSA) is 58.5 Å². The lowest BCUT2D eigenvalue weighted by atomic mass is 10.2. The summed E-state index contributed by atoms with van der Waals surface area (Å²) in [5, 5.41) is 9.70. The second-order valence-electron chi connectivity index (χ2n) is 4.30. The number of anilines is 1. The minimum absolute atomic E-state index is 0.156. The Morgan fingerprint density at radius 2 is 2.39 bits per heavy atom. The van der Waals surface area contributed by atoms with Crippen molar-refractivity contribution in [3.63, 3.8) is 0 Å². The molecule has 2 rings (SSSR count). The second kappa shape index (κ2) is 6.31. The number of aliphatic hydroxyl groups is 1. The van der Waals surface area contributed by atoms with E-state index >= 15 is 0 Å². The molecular weight excluding hydrogens is 254 g/mol. The summed E-state index contributed by atoms with van der Waals surface area (Å²) in [7, 11) is 0. The van der Waals surface area contributed by atoms with E-state index in [1.165, 1.54) is 6.33 Å². The Labute approximate surface area is 112 Å². The fraction of sp³-hybridized carbons (Fsp3) is 0.667. The molecule has 1 atom stereocenters. The molecule has 2 heterocycles. The van der Waals surface area contributed by atoms with Crippen molar-refractivity contribution in [3.05, 3.63) is 17.0 Å². The van der Waals surface area contributed by atoms with E-state index in [1.807, 2.05) is 6.92 Å². The monoisotopic (exact) mass is 271 g/mol. The summed E-state index contributed by atoms with van der Waals surface area (Å²) in [6.45, 7) is 4.29. The van der Waals surface area contributed by atoms with Crippen molar-refractivity contribution in [3.8, 4) is 0 Å². The van der Waals surface area contributed by atoms with Crippen molar-refractivity contribution in [2.24, 2.45) is 0 Å². The highest BCUT2D eigenvalue weighted by atomic mass is 35.5. The number of hydrogen-bond acceptors (Lipinski definition) is 5. The average molecular weight is 272 g/mol. The lowest BCUT2D eigenvalue weighted by molar-refractivity contribution is 0.115. The van der Waals surface area contributed by atoms with Gasteiger partial charge in [-0.15, -0.1) is 0 Å². The third-order valence-corrected chi connectivity index (χ3v) is 3.48. The average Bonchev–Trinajstić information content (AvgIpc) is 2.88. The molecule has 0 aliphatic carbocycles. The lowest BCUT2D eigenvalue weighted by Gasteiger charge is -2.26. The molecule has 0 bridgehead atoms. The number of aromatic nitrogens is 2. The van der Waals surface area contributed by atoms with E-state index in [0.29, 0.717) is 16.5 Å². The molecule has 0 spiro atoms. The third kappa shape index (κ3) is 2.91. The van der Waals surface area contributed by atoms with Gasteiger partial charge in [0.2, 0.25) is 0 Å². The molecule has 1 aliphatic rings. The zero-order valence-corrected chi connectivity index (χ0v) is 11.2. The molecule has 1 aromatic rings. The smallest absolute Gasteiger partial charge is 0.140 e. The lowest BCUT2D eigenvalue weighted by Crippen LogP contribution is -2.33. The van der Waals surface area contributed by atoms with Crippen LogP contribution in [0.1, 0.15) is 25.3 Å². The minimum atomic E-state index is -0.156. The van der Waals surface area contributed by atoms with Crippen LogP contribution in [0.25, 0.3) is 0 Å². The zero-order valence-electron chi connectivity index (χ0n) is 10.5. The molecule has 100 valence electrons. The van der Waals surface area contributed by atoms with E-state index in [1.54, 1.807) is 0 Å². The molecule has 6 heteroatoms. The maximum absolute atomic E-state index is 9.38. The van der Waals surface area contributed by atoms with Gasteiger partial charge in [0.25, 0.3) is 0 Å². The van der Waals surface area contributed by atoms with E-state index in [4.69, 9.17) is 16.3 Å². The van der Waals surface area contributed by atoms with Crippen molar-refractivity contribution in [2.75, 3.05) is 24.6 Å². The molecule has 1 unspecified atom stereocenters. The van der Waals surface area contributed by atoms with Crippen molar-refractivity contribution in [1.82, 2.24) is 9.97 Å². The van der Waals surface area contributed by atoms with Crippen molar-refractivity contribution < 1.29 is 9.84 Å². The minimum Gasteiger partial charge on any atom is -0.391 e. The predicted molar refractivity (Wildman–Crippen MR) is 69.8 cm³/mol. The summed E-state index contributed by atoms with van der Waals surface area (Å²) in [6.07, 6.45) is 3.85. The van der Waals surface area contributed by atoms with Crippen LogP contribution in [0, 0.1) is 0 Å². The molecule has 5 nitrogen and oxygen atoms in total. The van der Waals surface area contributed by atoms with Gasteiger partial charge < -0.3 is 14.7 Å². The molecule has 0 amide bonds. The number of halogens is 1. The van der Waals surface area contributed by atoms with Gasteiger partial charge in [-0.2, -0.15) is 0 Å². The molecule has 0 radical (unpaired) electrons. The second-order valence-corrected chi connectivity index (χ2v) is 4.66. The van der Waals surface area contributed by atoms with E-state index in [2.05, 4.69) is 14.9 Å². The normalized spacial score (nSPS) is 19.2. The van der Waals surface area contributed by atoms with Crippen molar-refractivity contribution >= 4 is 17.4 Å². The molecule has 0 saturated carbocycles. The predicted octanol–water partition coefficient (Wildman–Crippen LogP) is 1.63. The summed E-state index contributed by atoms with van der Waals surface area (Å²) in [6, 6.07) is 0. The Balaban J connectivity index is 2.18. The van der Waals surface area contributed by atoms with Crippen LogP contribution in [-0.2, 0) is 11.3 Å². The fourth-order valence-corrected chi connectivity index (χ4v) is 2.38. The van der Waals surface area contributed by atoms with Crippen LogP contribution in [0.15, 0.2) is 6.33 Å². The number of hydrogen-bond donors (Lipinski definition) is 1. The van der Waals surface area contributed by atoms with Crippen LogP contribution in [0.2, 0.25) is 5.15 Å². The van der Waals surface area contributed by atoms with Gasteiger partial charge in [0.05, 0.1) is 18.3 Å². The van der Waals surface area contributed by atoms with Gasteiger partial charge in [0.15, 0.2) is 0 Å². The van der Waals surface area contributed by atoms with Crippen LogP contribution in [0.4, 0.5) is 5.82 Å². The molecular formula is C12H18ClN3O2. The Kier molecular flexibility index (Phi) is 4.74. The summed E-state index contributed by atoms with van der Waals surface area (Å²) >= 11 is 5.98. The maximum atomic E-state index is 9.38. The molecule has 1 fully saturated rings. The van der Waals surface area contributed by atoms with Crippen molar-refractivity contribution in [2.45, 2.75) is 32.5 Å². The summed E-state index contributed by atoms with van der Waals surface area (Å²) in [5.41, 5.74) is 0.582. The van der Waals surface area contributed by atoms with E-state index in [-0.39, 0.29) is 12.7 Å². The number of ether oxygens (including phenoxy) is 1. The maximum Gasteiger partial charge on any atom is 0.140 e. The highest BCUT2D eigenvalue weighted by Crippen LogP contribution is 2.24. The highest BCUT2D eigenvalue weighted by molar-refractivity contribution is 6.30. The Morgan fingerprint density at radius 1 is 1.56 bits per heavy atom. The van der Waals surface area contributed by atoms with Gasteiger partial charge in [-0.3, -0.25) is 0 Å². The van der Waals surface area contributed by atoms with E-state index < -0.39 is 0 Å². The molecule has 1 N–H and O–H groups in total. The fourth-order valence-electron chi connectivity index (χ4n) is 2.19. The SMILES string of the molecule is CCN(CC1CCCO1)c1ncnc(Cl)c1CO. The van der Waals surface area contributed by atoms with Crippen LogP contribution in [0.3, 0.4) is 0 Å². The van der Waals surface area contributed by atoms with Gasteiger partial charge in [-0.1, -0.05) is 11.6 Å². The van der Waals surface area contributed by atoms with Crippen molar-refractivity contribution in [1.29, 1.82) is 0 Å². The number of aliphatic hydroxyl groups excluding tert-OH is 1. The number of rotatable bonds is 5. The Bertz CT molecular complexity index is 397. The standard InChI is InChI=1S/C12H18ClN3O2/c1-2-16(6-9-4-3-5-18-9)12-10(7-17)11(13)14-8-15-12/h8-9,17H,2-7H2,1H3. The molecule has 1 aliphatic heterocycles. The molecule has 1 saturated heterocycles. The van der Waals surface area contributed by atoms with Gasteiger partial charge >= 0.3 is 0 Å². The molecule has 1 aromatic heterocycles. The Hall–Kier alpha value is -0.910. The number of nitrogens with zero attached hydrogens (tertiary/aromatic N) is 3. The molecule has 18 heavy (non-hydrogen) atoms.